The number of nitrogens with zero attached hydrogens (tertiary/aromatic N) is 4. The first kappa shape index (κ1) is 19.2. The number of rotatable bonds is 8. The van der Waals surface area contributed by atoms with Gasteiger partial charge in [0.15, 0.2) is 5.96 Å². The second-order valence-corrected chi connectivity index (χ2v) is 4.59. The Bertz CT molecular complexity index is 546. The van der Waals surface area contributed by atoms with Crippen molar-refractivity contribution in [3.05, 3.63) is 43.0 Å². The zero-order valence-electron chi connectivity index (χ0n) is 13.2. The largest absolute Gasteiger partial charge is 0.490 e. The topological polar surface area (TPSA) is 76.4 Å². The van der Waals surface area contributed by atoms with E-state index in [-0.39, 0.29) is 24.0 Å². The molecule has 0 radical (unpaired) electrons. The number of aromatic nitrogens is 3. The van der Waals surface area contributed by atoms with Crippen molar-refractivity contribution >= 4 is 29.9 Å². The summed E-state index contributed by atoms with van der Waals surface area (Å²) in [6, 6.07) is 5.66. The number of nitrogens with one attached hydrogen (secondary N) is 2. The molecule has 0 amide bonds. The number of hydrogen-bond acceptors (Lipinski definition) is 4. The number of pyridine rings is 1. The minimum absolute atomic E-state index is 0. The lowest BCUT2D eigenvalue weighted by molar-refractivity contribution is 0.320. The van der Waals surface area contributed by atoms with Gasteiger partial charge in [-0.1, -0.05) is 0 Å². The van der Waals surface area contributed by atoms with Gasteiger partial charge in [0.05, 0.1) is 12.7 Å². The van der Waals surface area contributed by atoms with Gasteiger partial charge in [-0.2, -0.15) is 5.10 Å². The van der Waals surface area contributed by atoms with Gasteiger partial charge in [0, 0.05) is 38.7 Å². The van der Waals surface area contributed by atoms with E-state index in [2.05, 4.69) is 25.7 Å². The lowest BCUT2D eigenvalue weighted by atomic mass is 10.4. The Labute approximate surface area is 153 Å². The fourth-order valence-corrected chi connectivity index (χ4v) is 1.87. The van der Waals surface area contributed by atoms with Crippen molar-refractivity contribution in [3.63, 3.8) is 0 Å². The van der Waals surface area contributed by atoms with Crippen LogP contribution in [0.4, 0.5) is 0 Å². The molecular weight excluding hydrogens is 407 g/mol. The predicted octanol–water partition coefficient (Wildman–Crippen LogP) is 1.53. The molecule has 8 heteroatoms. The highest BCUT2D eigenvalue weighted by Crippen LogP contribution is 2.04. The molecule has 2 aromatic heterocycles. The quantitative estimate of drug-likeness (QED) is 0.288. The van der Waals surface area contributed by atoms with Gasteiger partial charge in [0.1, 0.15) is 12.4 Å². The molecule has 2 heterocycles. The van der Waals surface area contributed by atoms with Crippen molar-refractivity contribution in [2.24, 2.45) is 4.99 Å². The van der Waals surface area contributed by atoms with Crippen LogP contribution in [-0.4, -0.2) is 47.5 Å². The SMILES string of the molecule is CN=C(NCCCn1cccn1)NCCOc1cccnc1.I. The normalized spacial score (nSPS) is 10.7. The molecule has 0 fully saturated rings. The number of aliphatic imine (C=N–C) groups is 1. The molecule has 0 aliphatic carbocycles. The molecule has 0 aliphatic heterocycles. The Morgan fingerprint density at radius 2 is 2.13 bits per heavy atom. The fourth-order valence-electron chi connectivity index (χ4n) is 1.87. The van der Waals surface area contributed by atoms with E-state index in [4.69, 9.17) is 4.74 Å². The summed E-state index contributed by atoms with van der Waals surface area (Å²) in [6.07, 6.45) is 8.15. The molecule has 23 heavy (non-hydrogen) atoms. The predicted molar refractivity (Wildman–Crippen MR) is 101 cm³/mol. The summed E-state index contributed by atoms with van der Waals surface area (Å²) in [5, 5.41) is 10.6. The molecule has 0 saturated heterocycles. The number of ether oxygens (including phenoxy) is 1. The van der Waals surface area contributed by atoms with Crippen molar-refractivity contribution < 1.29 is 4.74 Å². The summed E-state index contributed by atoms with van der Waals surface area (Å²) in [6.45, 7) is 2.96. The molecular formula is C15H23IN6O. The van der Waals surface area contributed by atoms with E-state index >= 15 is 0 Å². The monoisotopic (exact) mass is 430 g/mol. The first-order valence-electron chi connectivity index (χ1n) is 7.33. The highest BCUT2D eigenvalue weighted by Gasteiger charge is 1.98. The molecule has 0 aromatic carbocycles. The van der Waals surface area contributed by atoms with E-state index in [1.165, 1.54) is 0 Å². The third kappa shape index (κ3) is 7.82. The lowest BCUT2D eigenvalue weighted by Gasteiger charge is -2.12. The minimum atomic E-state index is 0. The Balaban J connectivity index is 0.00000264. The van der Waals surface area contributed by atoms with Crippen LogP contribution in [0.5, 0.6) is 5.75 Å². The van der Waals surface area contributed by atoms with E-state index in [0.717, 1.165) is 31.2 Å². The first-order chi connectivity index (χ1) is 10.9. The standard InChI is InChI=1S/C15H22N6O.HI/c1-16-15(18-7-3-10-21-11-4-8-20-21)19-9-12-22-14-5-2-6-17-13-14;/h2,4-6,8,11,13H,3,7,9-10,12H2,1H3,(H2,16,18,19);1H. The van der Waals surface area contributed by atoms with Crippen molar-refractivity contribution in [1.82, 2.24) is 25.4 Å². The van der Waals surface area contributed by atoms with E-state index in [1.54, 1.807) is 25.6 Å². The van der Waals surface area contributed by atoms with E-state index in [1.807, 2.05) is 29.1 Å². The Kier molecular flexibility index (Phi) is 9.76. The summed E-state index contributed by atoms with van der Waals surface area (Å²) in [7, 11) is 1.75. The van der Waals surface area contributed by atoms with Gasteiger partial charge in [0.2, 0.25) is 0 Å². The van der Waals surface area contributed by atoms with Gasteiger partial charge >= 0.3 is 0 Å². The molecule has 0 bridgehead atoms. The summed E-state index contributed by atoms with van der Waals surface area (Å²) in [5.41, 5.74) is 0. The van der Waals surface area contributed by atoms with Crippen LogP contribution in [0.2, 0.25) is 0 Å². The average molecular weight is 430 g/mol. The molecule has 0 atom stereocenters. The van der Waals surface area contributed by atoms with Crippen LogP contribution in [0.25, 0.3) is 0 Å². The molecule has 0 saturated carbocycles. The highest BCUT2D eigenvalue weighted by atomic mass is 127. The molecule has 2 rings (SSSR count). The van der Waals surface area contributed by atoms with Gasteiger partial charge < -0.3 is 15.4 Å². The van der Waals surface area contributed by atoms with E-state index < -0.39 is 0 Å². The fraction of sp³-hybridized carbons (Fsp3) is 0.400. The van der Waals surface area contributed by atoms with Crippen LogP contribution in [0.1, 0.15) is 6.42 Å². The van der Waals surface area contributed by atoms with Crippen LogP contribution in [0.3, 0.4) is 0 Å². The van der Waals surface area contributed by atoms with E-state index in [9.17, 15) is 0 Å². The van der Waals surface area contributed by atoms with Crippen molar-refractivity contribution in [1.29, 1.82) is 0 Å². The van der Waals surface area contributed by atoms with Crippen molar-refractivity contribution in [2.45, 2.75) is 13.0 Å². The number of halogens is 1. The van der Waals surface area contributed by atoms with Crippen LogP contribution in [-0.2, 0) is 6.54 Å². The van der Waals surface area contributed by atoms with Crippen molar-refractivity contribution in [3.8, 4) is 5.75 Å². The van der Waals surface area contributed by atoms with Crippen LogP contribution < -0.4 is 15.4 Å². The molecule has 2 N–H and O–H groups in total. The number of guanidine groups is 1. The summed E-state index contributed by atoms with van der Waals surface area (Å²) < 4.78 is 7.47. The Hall–Kier alpha value is -1.84. The van der Waals surface area contributed by atoms with E-state index in [0.29, 0.717) is 13.2 Å². The molecule has 0 spiro atoms. The van der Waals surface area contributed by atoms with Gasteiger partial charge in [-0.25, -0.2) is 0 Å². The average Bonchev–Trinajstić information content (AvgIpc) is 3.08. The molecule has 126 valence electrons. The van der Waals surface area contributed by atoms with Crippen molar-refractivity contribution in [2.75, 3.05) is 26.7 Å². The van der Waals surface area contributed by atoms with Gasteiger partial charge in [0.25, 0.3) is 0 Å². The summed E-state index contributed by atoms with van der Waals surface area (Å²) in [4.78, 5) is 8.17. The third-order valence-electron chi connectivity index (χ3n) is 2.94. The second-order valence-electron chi connectivity index (χ2n) is 4.59. The summed E-state index contributed by atoms with van der Waals surface area (Å²) >= 11 is 0. The second kappa shape index (κ2) is 11.7. The maximum atomic E-state index is 5.56. The van der Waals surface area contributed by atoms with Crippen LogP contribution in [0, 0.1) is 0 Å². The molecule has 2 aromatic rings. The smallest absolute Gasteiger partial charge is 0.191 e. The Morgan fingerprint density at radius 1 is 1.26 bits per heavy atom. The van der Waals surface area contributed by atoms with Gasteiger partial charge in [-0.15, -0.1) is 24.0 Å². The zero-order valence-corrected chi connectivity index (χ0v) is 15.5. The van der Waals surface area contributed by atoms with Crippen LogP contribution in [0.15, 0.2) is 48.0 Å². The molecule has 7 nitrogen and oxygen atoms in total. The summed E-state index contributed by atoms with van der Waals surface area (Å²) in [5.74, 6) is 1.54. The maximum absolute atomic E-state index is 5.56. The lowest BCUT2D eigenvalue weighted by Crippen LogP contribution is -2.39. The Morgan fingerprint density at radius 3 is 2.83 bits per heavy atom. The zero-order chi connectivity index (χ0) is 15.5. The van der Waals surface area contributed by atoms with Crippen LogP contribution >= 0.6 is 24.0 Å². The van der Waals surface area contributed by atoms with Gasteiger partial charge in [-0.05, 0) is 24.6 Å². The minimum Gasteiger partial charge on any atom is -0.490 e. The highest BCUT2D eigenvalue weighted by molar-refractivity contribution is 14.0. The maximum Gasteiger partial charge on any atom is 0.191 e. The number of aryl methyl sites for hydroxylation is 1. The third-order valence-corrected chi connectivity index (χ3v) is 2.94. The molecule has 0 aliphatic rings. The first-order valence-corrected chi connectivity index (χ1v) is 7.33. The molecule has 0 unspecified atom stereocenters. The number of hydrogen-bond donors (Lipinski definition) is 2. The van der Waals surface area contributed by atoms with Gasteiger partial charge in [-0.3, -0.25) is 14.7 Å².